The number of aliphatic hydroxyl groups excluding tert-OH is 1. The van der Waals surface area contributed by atoms with Crippen molar-refractivity contribution in [3.05, 3.63) is 0 Å². The van der Waals surface area contributed by atoms with Gasteiger partial charge in [0, 0.05) is 18.6 Å². The van der Waals surface area contributed by atoms with Crippen LogP contribution in [-0.2, 0) is 0 Å². The lowest BCUT2D eigenvalue weighted by Gasteiger charge is -2.26. The molecule has 0 heterocycles. The van der Waals surface area contributed by atoms with Crippen LogP contribution in [0.3, 0.4) is 0 Å². The number of unbranched alkanes of at least 4 members (excludes halogenated alkanes) is 3. The quantitative estimate of drug-likeness (QED) is 0.553. The van der Waals surface area contributed by atoms with Crippen molar-refractivity contribution in [2.24, 2.45) is 0 Å². The Hall–Kier alpha value is -0.120. The highest BCUT2D eigenvalue weighted by atomic mass is 16.3. The van der Waals surface area contributed by atoms with Crippen LogP contribution in [0.15, 0.2) is 0 Å². The topological polar surface area (TPSA) is 26.7 Å². The van der Waals surface area contributed by atoms with Crippen molar-refractivity contribution in [1.82, 2.24) is 9.80 Å². The Kier molecular flexibility index (Phi) is 11.6. The minimum Gasteiger partial charge on any atom is -0.395 e. The summed E-state index contributed by atoms with van der Waals surface area (Å²) in [5, 5.41) is 9.02. The van der Waals surface area contributed by atoms with Crippen LogP contribution in [0, 0.1) is 0 Å². The van der Waals surface area contributed by atoms with E-state index in [1.807, 2.05) is 0 Å². The Morgan fingerprint density at radius 1 is 0.737 bits per heavy atom. The summed E-state index contributed by atoms with van der Waals surface area (Å²) in [6, 6.07) is 1.22. The molecule has 116 valence electrons. The molecule has 0 radical (unpaired) electrons. The molecule has 0 saturated carbocycles. The number of aliphatic hydroxyl groups is 1. The standard InChI is InChI=1S/C16H36N2O/c1-6-17(15(2)3)11-9-7-8-10-12-18(13-14-19)16(4)5/h15-16,19H,6-14H2,1-5H3. The predicted molar refractivity (Wildman–Crippen MR) is 84.6 cm³/mol. The molecule has 0 amide bonds. The van der Waals surface area contributed by atoms with E-state index in [4.69, 9.17) is 5.11 Å². The van der Waals surface area contributed by atoms with Crippen LogP contribution in [0.25, 0.3) is 0 Å². The van der Waals surface area contributed by atoms with E-state index in [1.54, 1.807) is 0 Å². The molecule has 3 nitrogen and oxygen atoms in total. The van der Waals surface area contributed by atoms with Crippen LogP contribution in [0.5, 0.6) is 0 Å². The Balaban J connectivity index is 3.58. The largest absolute Gasteiger partial charge is 0.395 e. The predicted octanol–water partition coefficient (Wildman–Crippen LogP) is 2.98. The third-order valence-electron chi connectivity index (χ3n) is 3.89. The second-order valence-electron chi connectivity index (χ2n) is 5.99. The number of nitrogens with zero attached hydrogens (tertiary/aromatic N) is 2. The smallest absolute Gasteiger partial charge is 0.0558 e. The molecule has 0 rings (SSSR count). The molecule has 0 fully saturated rings. The third kappa shape index (κ3) is 9.42. The molecule has 0 bridgehead atoms. The molecule has 0 saturated heterocycles. The molecular formula is C16H36N2O. The van der Waals surface area contributed by atoms with Gasteiger partial charge < -0.3 is 10.0 Å². The summed E-state index contributed by atoms with van der Waals surface area (Å²) < 4.78 is 0. The van der Waals surface area contributed by atoms with Crippen LogP contribution in [0.2, 0.25) is 0 Å². The monoisotopic (exact) mass is 272 g/mol. The summed E-state index contributed by atoms with van der Waals surface area (Å²) in [4.78, 5) is 4.90. The first kappa shape index (κ1) is 18.9. The number of rotatable bonds is 12. The van der Waals surface area contributed by atoms with Gasteiger partial charge in [-0.05, 0) is 60.2 Å². The lowest BCUT2D eigenvalue weighted by atomic mass is 10.1. The van der Waals surface area contributed by atoms with Gasteiger partial charge >= 0.3 is 0 Å². The van der Waals surface area contributed by atoms with Gasteiger partial charge in [-0.1, -0.05) is 19.8 Å². The maximum atomic E-state index is 9.02. The molecule has 0 aliphatic heterocycles. The number of hydrogen-bond donors (Lipinski definition) is 1. The highest BCUT2D eigenvalue weighted by Crippen LogP contribution is 2.07. The SMILES string of the molecule is CCN(CCCCCCN(CCO)C(C)C)C(C)C. The fourth-order valence-electron chi connectivity index (χ4n) is 2.52. The Morgan fingerprint density at radius 2 is 1.21 bits per heavy atom. The van der Waals surface area contributed by atoms with Crippen LogP contribution in [0.1, 0.15) is 60.3 Å². The lowest BCUT2D eigenvalue weighted by Crippen LogP contribution is -2.34. The van der Waals surface area contributed by atoms with E-state index < -0.39 is 0 Å². The van der Waals surface area contributed by atoms with Crippen LogP contribution < -0.4 is 0 Å². The highest BCUT2D eigenvalue weighted by Gasteiger charge is 2.08. The maximum absolute atomic E-state index is 9.02. The van der Waals surface area contributed by atoms with Crippen molar-refractivity contribution in [3.63, 3.8) is 0 Å². The van der Waals surface area contributed by atoms with E-state index in [0.29, 0.717) is 12.1 Å². The van der Waals surface area contributed by atoms with Crippen molar-refractivity contribution in [1.29, 1.82) is 0 Å². The van der Waals surface area contributed by atoms with Gasteiger partial charge in [0.15, 0.2) is 0 Å². The van der Waals surface area contributed by atoms with Gasteiger partial charge in [-0.2, -0.15) is 0 Å². The average Bonchev–Trinajstić information content (AvgIpc) is 2.35. The van der Waals surface area contributed by atoms with Gasteiger partial charge in [-0.25, -0.2) is 0 Å². The minimum absolute atomic E-state index is 0.276. The van der Waals surface area contributed by atoms with Crippen LogP contribution >= 0.6 is 0 Å². The van der Waals surface area contributed by atoms with Gasteiger partial charge in [-0.3, -0.25) is 4.90 Å². The Labute approximate surface area is 121 Å². The van der Waals surface area contributed by atoms with Crippen molar-refractivity contribution >= 4 is 0 Å². The molecule has 0 aromatic carbocycles. The van der Waals surface area contributed by atoms with Crippen LogP contribution in [-0.4, -0.2) is 59.8 Å². The first-order valence-corrected chi connectivity index (χ1v) is 8.11. The molecule has 19 heavy (non-hydrogen) atoms. The summed E-state index contributed by atoms with van der Waals surface area (Å²) in [6.07, 6.45) is 5.21. The van der Waals surface area contributed by atoms with E-state index in [1.165, 1.54) is 32.2 Å². The summed E-state index contributed by atoms with van der Waals surface area (Å²) in [5.74, 6) is 0. The fourth-order valence-corrected chi connectivity index (χ4v) is 2.52. The molecule has 3 heteroatoms. The summed E-state index contributed by atoms with van der Waals surface area (Å²) in [7, 11) is 0. The van der Waals surface area contributed by atoms with Crippen molar-refractivity contribution in [2.75, 3.05) is 32.8 Å². The normalized spacial score (nSPS) is 12.3. The molecule has 0 aromatic rings. The van der Waals surface area contributed by atoms with E-state index in [2.05, 4.69) is 44.4 Å². The zero-order valence-corrected chi connectivity index (χ0v) is 13.9. The van der Waals surface area contributed by atoms with Crippen molar-refractivity contribution in [3.8, 4) is 0 Å². The molecule has 0 aliphatic rings. The van der Waals surface area contributed by atoms with Crippen molar-refractivity contribution in [2.45, 2.75) is 72.4 Å². The van der Waals surface area contributed by atoms with E-state index >= 15 is 0 Å². The average molecular weight is 272 g/mol. The first-order valence-electron chi connectivity index (χ1n) is 8.11. The Morgan fingerprint density at radius 3 is 1.58 bits per heavy atom. The molecule has 0 unspecified atom stereocenters. The summed E-state index contributed by atoms with van der Waals surface area (Å²) >= 11 is 0. The second kappa shape index (κ2) is 11.7. The molecule has 0 atom stereocenters. The number of hydrogen-bond acceptors (Lipinski definition) is 3. The van der Waals surface area contributed by atoms with E-state index in [9.17, 15) is 0 Å². The zero-order chi connectivity index (χ0) is 14.7. The van der Waals surface area contributed by atoms with Gasteiger partial charge in [-0.15, -0.1) is 0 Å². The van der Waals surface area contributed by atoms with Gasteiger partial charge in [0.2, 0.25) is 0 Å². The second-order valence-corrected chi connectivity index (χ2v) is 5.99. The van der Waals surface area contributed by atoms with E-state index in [-0.39, 0.29) is 6.61 Å². The molecule has 0 aliphatic carbocycles. The van der Waals surface area contributed by atoms with Crippen molar-refractivity contribution < 1.29 is 5.11 Å². The zero-order valence-electron chi connectivity index (χ0n) is 13.9. The molecule has 0 spiro atoms. The molecule has 0 aromatic heterocycles. The lowest BCUT2D eigenvalue weighted by molar-refractivity contribution is 0.162. The maximum Gasteiger partial charge on any atom is 0.0558 e. The summed E-state index contributed by atoms with van der Waals surface area (Å²) in [6.45, 7) is 15.8. The highest BCUT2D eigenvalue weighted by molar-refractivity contribution is 4.63. The molecular weight excluding hydrogens is 236 g/mol. The van der Waals surface area contributed by atoms with Gasteiger partial charge in [0.05, 0.1) is 6.61 Å². The third-order valence-corrected chi connectivity index (χ3v) is 3.89. The minimum atomic E-state index is 0.276. The summed E-state index contributed by atoms with van der Waals surface area (Å²) in [5.41, 5.74) is 0. The van der Waals surface area contributed by atoms with Crippen LogP contribution in [0.4, 0.5) is 0 Å². The fraction of sp³-hybridized carbons (Fsp3) is 1.00. The Bertz CT molecular complexity index is 195. The van der Waals surface area contributed by atoms with E-state index in [0.717, 1.165) is 19.6 Å². The van der Waals surface area contributed by atoms with Gasteiger partial charge in [0.1, 0.15) is 0 Å². The molecule has 1 N–H and O–H groups in total. The first-order chi connectivity index (χ1) is 9.02. The van der Waals surface area contributed by atoms with Gasteiger partial charge in [0.25, 0.3) is 0 Å².